The first-order valence-electron chi connectivity index (χ1n) is 6.04. The molecule has 2 rings (SSSR count). The number of halogens is 3. The smallest absolute Gasteiger partial charge is 0.256 e. The van der Waals surface area contributed by atoms with Gasteiger partial charge in [0, 0.05) is 6.04 Å². The molecule has 1 N–H and O–H groups in total. The maximum absolute atomic E-state index is 13.9. The lowest BCUT2D eigenvalue weighted by molar-refractivity contribution is 0.0923. The van der Waals surface area contributed by atoms with E-state index in [1.807, 2.05) is 0 Å². The zero-order valence-electron chi connectivity index (χ0n) is 9.81. The van der Waals surface area contributed by atoms with Crippen LogP contribution in [0.2, 0.25) is 5.02 Å². The fraction of sp³-hybridized carbons (Fsp3) is 0.462. The monoisotopic (exact) mass is 333 g/mol. The van der Waals surface area contributed by atoms with E-state index >= 15 is 0 Å². The van der Waals surface area contributed by atoms with Crippen LogP contribution in [-0.2, 0) is 0 Å². The van der Waals surface area contributed by atoms with Gasteiger partial charge in [0.25, 0.3) is 5.91 Å². The minimum absolute atomic E-state index is 0.0726. The molecule has 0 aromatic heterocycles. The summed E-state index contributed by atoms with van der Waals surface area (Å²) in [6.45, 7) is 0. The van der Waals surface area contributed by atoms with E-state index in [1.165, 1.54) is 18.6 Å². The summed E-state index contributed by atoms with van der Waals surface area (Å²) in [5, 5.41) is 3.00. The average molecular weight is 335 g/mol. The van der Waals surface area contributed by atoms with Crippen LogP contribution in [0.3, 0.4) is 0 Å². The Labute approximate surface area is 119 Å². The van der Waals surface area contributed by atoms with E-state index in [2.05, 4.69) is 21.2 Å². The van der Waals surface area contributed by atoms with Crippen LogP contribution in [0.25, 0.3) is 0 Å². The number of benzene rings is 1. The largest absolute Gasteiger partial charge is 0.349 e. The van der Waals surface area contributed by atoms with Gasteiger partial charge in [0.05, 0.1) is 15.1 Å². The van der Waals surface area contributed by atoms with Crippen LogP contribution in [0, 0.1) is 5.82 Å². The molecule has 1 fully saturated rings. The zero-order valence-corrected chi connectivity index (χ0v) is 12.2. The van der Waals surface area contributed by atoms with Crippen molar-refractivity contribution in [2.45, 2.75) is 38.1 Å². The van der Waals surface area contributed by atoms with E-state index in [1.54, 1.807) is 0 Å². The van der Waals surface area contributed by atoms with Gasteiger partial charge in [-0.1, -0.05) is 30.9 Å². The summed E-state index contributed by atoms with van der Waals surface area (Å²) in [7, 11) is 0. The molecular formula is C13H14BrClFNO. The molecule has 0 heterocycles. The summed E-state index contributed by atoms with van der Waals surface area (Å²) >= 11 is 8.95. The summed E-state index contributed by atoms with van der Waals surface area (Å²) in [4.78, 5) is 12.1. The van der Waals surface area contributed by atoms with Crippen LogP contribution < -0.4 is 5.32 Å². The molecule has 0 spiro atoms. The van der Waals surface area contributed by atoms with Gasteiger partial charge in [-0.3, -0.25) is 4.79 Å². The van der Waals surface area contributed by atoms with Crippen molar-refractivity contribution in [2.75, 3.05) is 0 Å². The molecule has 1 aliphatic rings. The topological polar surface area (TPSA) is 29.1 Å². The molecule has 18 heavy (non-hydrogen) atoms. The van der Waals surface area contributed by atoms with Crippen molar-refractivity contribution in [3.8, 4) is 0 Å². The highest BCUT2D eigenvalue weighted by Crippen LogP contribution is 2.26. The Hall–Kier alpha value is -0.610. The molecule has 0 atom stereocenters. The van der Waals surface area contributed by atoms with Crippen molar-refractivity contribution >= 4 is 33.4 Å². The fourth-order valence-electron chi connectivity index (χ4n) is 2.24. The number of hydrogen-bond acceptors (Lipinski definition) is 1. The average Bonchev–Trinajstić information content (AvgIpc) is 2.36. The van der Waals surface area contributed by atoms with Crippen molar-refractivity contribution in [3.05, 3.63) is 33.0 Å². The van der Waals surface area contributed by atoms with Gasteiger partial charge in [-0.15, -0.1) is 0 Å². The fourth-order valence-corrected chi connectivity index (χ4v) is 2.80. The number of nitrogens with one attached hydrogen (secondary N) is 1. The minimum Gasteiger partial charge on any atom is -0.349 e. The molecule has 1 aromatic carbocycles. The SMILES string of the molecule is O=C(NC1CCCCC1)c1c(Cl)ccc(Br)c1F. The van der Waals surface area contributed by atoms with Crippen LogP contribution >= 0.6 is 27.5 Å². The Morgan fingerprint density at radius 1 is 1.33 bits per heavy atom. The summed E-state index contributed by atoms with van der Waals surface area (Å²) in [5.41, 5.74) is -0.0726. The molecule has 5 heteroatoms. The first-order valence-corrected chi connectivity index (χ1v) is 7.21. The maximum atomic E-state index is 13.9. The number of hydrogen-bond donors (Lipinski definition) is 1. The van der Waals surface area contributed by atoms with E-state index in [0.29, 0.717) is 0 Å². The Morgan fingerprint density at radius 3 is 2.67 bits per heavy atom. The molecule has 0 aliphatic heterocycles. The minimum atomic E-state index is -0.601. The Balaban J connectivity index is 2.15. The highest BCUT2D eigenvalue weighted by atomic mass is 79.9. The van der Waals surface area contributed by atoms with Gasteiger partial charge in [0.1, 0.15) is 0 Å². The molecule has 1 amide bonds. The van der Waals surface area contributed by atoms with Gasteiger partial charge in [0.15, 0.2) is 5.82 Å². The van der Waals surface area contributed by atoms with Crippen molar-refractivity contribution in [2.24, 2.45) is 0 Å². The van der Waals surface area contributed by atoms with E-state index < -0.39 is 11.7 Å². The predicted octanol–water partition coefficient (Wildman–Crippen LogP) is 4.30. The molecule has 1 aromatic rings. The summed E-state index contributed by atoms with van der Waals surface area (Å²) in [6.07, 6.45) is 5.34. The third kappa shape index (κ3) is 3.04. The van der Waals surface area contributed by atoms with E-state index in [9.17, 15) is 9.18 Å². The molecule has 98 valence electrons. The summed E-state index contributed by atoms with van der Waals surface area (Å²) in [5.74, 6) is -1.03. The highest BCUT2D eigenvalue weighted by Gasteiger charge is 2.22. The van der Waals surface area contributed by atoms with Crippen LogP contribution in [0.1, 0.15) is 42.5 Å². The summed E-state index contributed by atoms with van der Waals surface area (Å²) in [6, 6.07) is 3.15. The quantitative estimate of drug-likeness (QED) is 0.803. The Morgan fingerprint density at radius 2 is 2.00 bits per heavy atom. The van der Waals surface area contributed by atoms with Crippen LogP contribution in [0.4, 0.5) is 4.39 Å². The van der Waals surface area contributed by atoms with Crippen molar-refractivity contribution in [1.82, 2.24) is 5.32 Å². The number of rotatable bonds is 2. The molecule has 0 bridgehead atoms. The van der Waals surface area contributed by atoms with Crippen molar-refractivity contribution in [1.29, 1.82) is 0 Å². The van der Waals surface area contributed by atoms with Crippen LogP contribution in [-0.4, -0.2) is 11.9 Å². The number of carbonyl (C=O) groups is 1. The van der Waals surface area contributed by atoms with Crippen LogP contribution in [0.15, 0.2) is 16.6 Å². The van der Waals surface area contributed by atoms with Gasteiger partial charge in [-0.2, -0.15) is 0 Å². The third-order valence-electron chi connectivity index (χ3n) is 3.21. The second kappa shape index (κ2) is 6.02. The van der Waals surface area contributed by atoms with E-state index in [-0.39, 0.29) is 21.1 Å². The highest BCUT2D eigenvalue weighted by molar-refractivity contribution is 9.10. The zero-order chi connectivity index (χ0) is 13.1. The van der Waals surface area contributed by atoms with Crippen molar-refractivity contribution in [3.63, 3.8) is 0 Å². The van der Waals surface area contributed by atoms with Gasteiger partial charge >= 0.3 is 0 Å². The lowest BCUT2D eigenvalue weighted by Crippen LogP contribution is -2.36. The first-order chi connectivity index (χ1) is 8.59. The molecule has 0 unspecified atom stereocenters. The van der Waals surface area contributed by atoms with Crippen molar-refractivity contribution < 1.29 is 9.18 Å². The normalized spacial score (nSPS) is 16.6. The molecule has 0 saturated heterocycles. The Kier molecular flexibility index (Phi) is 4.62. The summed E-state index contributed by atoms with van der Waals surface area (Å²) < 4.78 is 14.1. The predicted molar refractivity (Wildman–Crippen MR) is 73.4 cm³/mol. The Bertz CT molecular complexity index is 461. The lowest BCUT2D eigenvalue weighted by atomic mass is 9.95. The van der Waals surface area contributed by atoms with Gasteiger partial charge in [-0.05, 0) is 40.9 Å². The van der Waals surface area contributed by atoms with E-state index in [0.717, 1.165) is 25.7 Å². The molecule has 2 nitrogen and oxygen atoms in total. The van der Waals surface area contributed by atoms with Gasteiger partial charge in [0.2, 0.25) is 0 Å². The lowest BCUT2D eigenvalue weighted by Gasteiger charge is -2.23. The third-order valence-corrected chi connectivity index (χ3v) is 4.14. The number of carbonyl (C=O) groups excluding carboxylic acids is 1. The molecule has 1 saturated carbocycles. The van der Waals surface area contributed by atoms with Gasteiger partial charge < -0.3 is 5.32 Å². The standard InChI is InChI=1S/C13H14BrClFNO/c14-9-6-7-10(15)11(12(9)16)13(18)17-8-4-2-1-3-5-8/h6-8H,1-5H2,(H,17,18). The second-order valence-electron chi connectivity index (χ2n) is 4.53. The molecule has 1 aliphatic carbocycles. The maximum Gasteiger partial charge on any atom is 0.256 e. The molecule has 0 radical (unpaired) electrons. The first kappa shape index (κ1) is 13.8. The van der Waals surface area contributed by atoms with Gasteiger partial charge in [-0.25, -0.2) is 4.39 Å². The van der Waals surface area contributed by atoms with Crippen LogP contribution in [0.5, 0.6) is 0 Å². The molecular weight excluding hydrogens is 321 g/mol. The number of amides is 1. The second-order valence-corrected chi connectivity index (χ2v) is 5.79. The van der Waals surface area contributed by atoms with E-state index in [4.69, 9.17) is 11.6 Å².